The van der Waals surface area contributed by atoms with Gasteiger partial charge in [-0.25, -0.2) is 4.39 Å². The lowest BCUT2D eigenvalue weighted by molar-refractivity contribution is 0.358. The minimum absolute atomic E-state index is 0.230. The molecule has 2 rings (SSSR count). The molecule has 1 aromatic heterocycles. The van der Waals surface area contributed by atoms with Gasteiger partial charge in [-0.2, -0.15) is 4.98 Å². The summed E-state index contributed by atoms with van der Waals surface area (Å²) in [5.41, 5.74) is 5.91. The first-order chi connectivity index (χ1) is 10.1. The maximum Gasteiger partial charge on any atom is 0.226 e. The molecule has 6 heteroatoms. The summed E-state index contributed by atoms with van der Waals surface area (Å²) < 4.78 is 18.9. The number of halogens is 2. The highest BCUT2D eigenvalue weighted by Gasteiger charge is 2.13. The Morgan fingerprint density at radius 1 is 1.38 bits per heavy atom. The van der Waals surface area contributed by atoms with Crippen LogP contribution in [0.2, 0.25) is 5.02 Å². The average Bonchev–Trinajstić information content (AvgIpc) is 2.89. The first kappa shape index (κ1) is 15.9. The quantitative estimate of drug-likeness (QED) is 0.851. The van der Waals surface area contributed by atoms with E-state index in [9.17, 15) is 4.39 Å². The van der Waals surface area contributed by atoms with Gasteiger partial charge in [-0.3, -0.25) is 0 Å². The van der Waals surface area contributed by atoms with Crippen LogP contribution < -0.4 is 5.73 Å². The Labute approximate surface area is 128 Å². The summed E-state index contributed by atoms with van der Waals surface area (Å²) in [6.45, 7) is 2.82. The fourth-order valence-electron chi connectivity index (χ4n) is 2.12. The fourth-order valence-corrected chi connectivity index (χ4v) is 2.35. The molecule has 1 heterocycles. The van der Waals surface area contributed by atoms with Crippen molar-refractivity contribution in [3.05, 3.63) is 46.3 Å². The number of benzene rings is 1. The Kier molecular flexibility index (Phi) is 5.70. The number of nitrogens with zero attached hydrogens (tertiary/aromatic N) is 2. The molecule has 1 atom stereocenters. The summed E-state index contributed by atoms with van der Waals surface area (Å²) in [6, 6.07) is 4.59. The molecule has 0 fully saturated rings. The van der Waals surface area contributed by atoms with Crippen molar-refractivity contribution in [2.24, 2.45) is 11.7 Å². The van der Waals surface area contributed by atoms with Crippen molar-refractivity contribution in [3.63, 3.8) is 0 Å². The molecule has 0 saturated heterocycles. The van der Waals surface area contributed by atoms with Crippen LogP contribution in [0.1, 0.15) is 37.0 Å². The molecule has 2 aromatic rings. The third-order valence-corrected chi connectivity index (χ3v) is 3.77. The molecule has 0 bridgehead atoms. The Morgan fingerprint density at radius 3 is 2.90 bits per heavy atom. The molecule has 21 heavy (non-hydrogen) atoms. The van der Waals surface area contributed by atoms with Gasteiger partial charge in [0.2, 0.25) is 5.89 Å². The minimum atomic E-state index is -0.356. The lowest BCUT2D eigenvalue weighted by Gasteiger charge is -2.06. The van der Waals surface area contributed by atoms with Crippen LogP contribution in [0.4, 0.5) is 4.39 Å². The van der Waals surface area contributed by atoms with E-state index in [4.69, 9.17) is 21.9 Å². The first-order valence-corrected chi connectivity index (χ1v) is 7.42. The van der Waals surface area contributed by atoms with Crippen LogP contribution in [0.15, 0.2) is 22.7 Å². The van der Waals surface area contributed by atoms with Crippen LogP contribution in [-0.4, -0.2) is 16.7 Å². The van der Waals surface area contributed by atoms with E-state index in [-0.39, 0.29) is 12.2 Å². The van der Waals surface area contributed by atoms with Gasteiger partial charge in [-0.1, -0.05) is 29.7 Å². The van der Waals surface area contributed by atoms with Crippen LogP contribution in [0, 0.1) is 11.7 Å². The van der Waals surface area contributed by atoms with Crippen LogP contribution in [0.3, 0.4) is 0 Å². The highest BCUT2D eigenvalue weighted by atomic mass is 35.5. The van der Waals surface area contributed by atoms with Crippen molar-refractivity contribution < 1.29 is 8.91 Å². The second-order valence-electron chi connectivity index (χ2n) is 5.20. The molecule has 0 saturated carbocycles. The van der Waals surface area contributed by atoms with Crippen molar-refractivity contribution >= 4 is 11.6 Å². The van der Waals surface area contributed by atoms with E-state index in [0.29, 0.717) is 41.2 Å². The molecule has 4 nitrogen and oxygen atoms in total. The monoisotopic (exact) mass is 311 g/mol. The standard InChI is InChI=1S/C15H19ClFN3O/c1-10(7-8-18)5-6-15-19-14(20-21-15)9-11-12(16)3-2-4-13(11)17/h2-4,10H,5-9,18H2,1H3. The van der Waals surface area contributed by atoms with Gasteiger partial charge < -0.3 is 10.3 Å². The zero-order valence-corrected chi connectivity index (χ0v) is 12.7. The Balaban J connectivity index is 1.97. The van der Waals surface area contributed by atoms with Crippen molar-refractivity contribution in [2.75, 3.05) is 6.54 Å². The van der Waals surface area contributed by atoms with E-state index in [1.807, 2.05) is 0 Å². The van der Waals surface area contributed by atoms with Crippen LogP contribution >= 0.6 is 11.6 Å². The molecule has 2 N–H and O–H groups in total. The maximum absolute atomic E-state index is 13.7. The molecule has 0 aliphatic heterocycles. The lowest BCUT2D eigenvalue weighted by Crippen LogP contribution is -2.06. The zero-order chi connectivity index (χ0) is 15.2. The second-order valence-corrected chi connectivity index (χ2v) is 5.61. The molecule has 114 valence electrons. The predicted octanol–water partition coefficient (Wildman–Crippen LogP) is 3.37. The Bertz CT molecular complexity index is 568. The minimum Gasteiger partial charge on any atom is -0.339 e. The summed E-state index contributed by atoms with van der Waals surface area (Å²) in [5.74, 6) is 1.18. The normalized spacial score (nSPS) is 12.6. The molecule has 0 aliphatic rings. The van der Waals surface area contributed by atoms with E-state index in [1.165, 1.54) is 6.07 Å². The number of nitrogens with two attached hydrogens (primary N) is 1. The summed E-state index contributed by atoms with van der Waals surface area (Å²) in [4.78, 5) is 4.29. The lowest BCUT2D eigenvalue weighted by atomic mass is 10.0. The van der Waals surface area contributed by atoms with E-state index in [0.717, 1.165) is 12.8 Å². The number of aryl methyl sites for hydroxylation is 1. The van der Waals surface area contributed by atoms with E-state index in [1.54, 1.807) is 12.1 Å². The topological polar surface area (TPSA) is 64.9 Å². The number of rotatable bonds is 7. The number of aromatic nitrogens is 2. The average molecular weight is 312 g/mol. The highest BCUT2D eigenvalue weighted by molar-refractivity contribution is 6.31. The van der Waals surface area contributed by atoms with Crippen LogP contribution in [0.25, 0.3) is 0 Å². The molecule has 0 radical (unpaired) electrons. The third kappa shape index (κ3) is 4.51. The van der Waals surface area contributed by atoms with E-state index in [2.05, 4.69) is 17.1 Å². The number of hydrogen-bond acceptors (Lipinski definition) is 4. The van der Waals surface area contributed by atoms with Gasteiger partial charge in [0.25, 0.3) is 0 Å². The summed E-state index contributed by atoms with van der Waals surface area (Å²) in [5, 5.41) is 4.25. The van der Waals surface area contributed by atoms with Crippen molar-refractivity contribution in [1.82, 2.24) is 10.1 Å². The smallest absolute Gasteiger partial charge is 0.226 e. The summed E-state index contributed by atoms with van der Waals surface area (Å²) in [6.07, 6.45) is 2.86. The highest BCUT2D eigenvalue weighted by Crippen LogP contribution is 2.21. The van der Waals surface area contributed by atoms with Gasteiger partial charge in [0.15, 0.2) is 5.82 Å². The van der Waals surface area contributed by atoms with Gasteiger partial charge in [0.05, 0.1) is 0 Å². The first-order valence-electron chi connectivity index (χ1n) is 7.04. The van der Waals surface area contributed by atoms with Gasteiger partial charge in [-0.15, -0.1) is 0 Å². The maximum atomic E-state index is 13.7. The Hall–Kier alpha value is -1.46. The van der Waals surface area contributed by atoms with Crippen LogP contribution in [0.5, 0.6) is 0 Å². The van der Waals surface area contributed by atoms with E-state index >= 15 is 0 Å². The van der Waals surface area contributed by atoms with Crippen molar-refractivity contribution in [1.29, 1.82) is 0 Å². The van der Waals surface area contributed by atoms with Gasteiger partial charge in [0, 0.05) is 23.4 Å². The predicted molar refractivity (Wildman–Crippen MR) is 79.7 cm³/mol. The molecule has 0 spiro atoms. The molecular formula is C15H19ClFN3O. The van der Waals surface area contributed by atoms with Gasteiger partial charge in [-0.05, 0) is 37.4 Å². The molecule has 1 aromatic carbocycles. The summed E-state index contributed by atoms with van der Waals surface area (Å²) >= 11 is 5.99. The van der Waals surface area contributed by atoms with Gasteiger partial charge in [0.1, 0.15) is 5.82 Å². The number of hydrogen-bond donors (Lipinski definition) is 1. The fraction of sp³-hybridized carbons (Fsp3) is 0.467. The largest absolute Gasteiger partial charge is 0.339 e. The zero-order valence-electron chi connectivity index (χ0n) is 12.0. The summed E-state index contributed by atoms with van der Waals surface area (Å²) in [7, 11) is 0. The SMILES string of the molecule is CC(CCN)CCc1nc(Cc2c(F)cccc2Cl)no1. The van der Waals surface area contributed by atoms with Gasteiger partial charge >= 0.3 is 0 Å². The van der Waals surface area contributed by atoms with Crippen LogP contribution in [-0.2, 0) is 12.8 Å². The molecule has 1 unspecified atom stereocenters. The molecular weight excluding hydrogens is 293 g/mol. The molecule has 0 aliphatic carbocycles. The Morgan fingerprint density at radius 2 is 2.19 bits per heavy atom. The van der Waals surface area contributed by atoms with E-state index < -0.39 is 0 Å². The second kappa shape index (κ2) is 7.52. The third-order valence-electron chi connectivity index (χ3n) is 3.42. The van der Waals surface area contributed by atoms with Crippen molar-refractivity contribution in [2.45, 2.75) is 32.6 Å². The molecule has 0 amide bonds. The van der Waals surface area contributed by atoms with Crippen molar-refractivity contribution in [3.8, 4) is 0 Å².